The summed E-state index contributed by atoms with van der Waals surface area (Å²) in [6.45, 7) is 4.66. The number of thiazole rings is 1. The van der Waals surface area contributed by atoms with Crippen molar-refractivity contribution in [2.75, 3.05) is 5.32 Å². The largest absolute Gasteiger partial charge is 0.296 e. The monoisotopic (exact) mass is 382 g/mol. The van der Waals surface area contributed by atoms with E-state index in [1.807, 2.05) is 24.4 Å². The van der Waals surface area contributed by atoms with Gasteiger partial charge in [0.05, 0.1) is 5.69 Å². The van der Waals surface area contributed by atoms with E-state index in [-0.39, 0.29) is 17.2 Å². The Morgan fingerprint density at radius 2 is 1.93 bits per heavy atom. The van der Waals surface area contributed by atoms with E-state index in [0.717, 1.165) is 30.5 Å². The molecule has 0 unspecified atom stereocenters. The standard InChI is InChI=1S/C20H22N4O2S/c1-3-5-12-24-18(25)11-10-16(23-24)19(26)22-20-21-17(13-27-20)15-8-6-14(4-2)7-9-15/h6-11,13H,3-5,12H2,1-2H3,(H,21,22,26). The van der Waals surface area contributed by atoms with Crippen LogP contribution in [0.5, 0.6) is 0 Å². The molecule has 3 rings (SSSR count). The first-order valence-electron chi connectivity index (χ1n) is 9.05. The van der Waals surface area contributed by atoms with Gasteiger partial charge in [-0.2, -0.15) is 5.10 Å². The number of aryl methyl sites for hydroxylation is 2. The van der Waals surface area contributed by atoms with Gasteiger partial charge in [0.1, 0.15) is 5.69 Å². The van der Waals surface area contributed by atoms with E-state index in [4.69, 9.17) is 0 Å². The van der Waals surface area contributed by atoms with Crippen molar-refractivity contribution in [2.45, 2.75) is 39.7 Å². The van der Waals surface area contributed by atoms with Gasteiger partial charge in [0.15, 0.2) is 5.13 Å². The third-order valence-electron chi connectivity index (χ3n) is 4.21. The second-order valence-electron chi connectivity index (χ2n) is 6.18. The number of hydrogen-bond donors (Lipinski definition) is 1. The van der Waals surface area contributed by atoms with Gasteiger partial charge in [-0.1, -0.05) is 44.5 Å². The fraction of sp³-hybridized carbons (Fsp3) is 0.300. The Bertz CT molecular complexity index is 976. The Hall–Kier alpha value is -2.80. The molecule has 1 amide bonds. The molecule has 140 valence electrons. The van der Waals surface area contributed by atoms with Crippen LogP contribution < -0.4 is 10.9 Å². The van der Waals surface area contributed by atoms with Crippen molar-refractivity contribution in [2.24, 2.45) is 0 Å². The third-order valence-corrected chi connectivity index (χ3v) is 4.96. The number of rotatable bonds is 7. The number of hydrogen-bond acceptors (Lipinski definition) is 5. The highest BCUT2D eigenvalue weighted by molar-refractivity contribution is 7.14. The SMILES string of the molecule is CCCCn1nc(C(=O)Nc2nc(-c3ccc(CC)cc3)cs2)ccc1=O. The van der Waals surface area contributed by atoms with Crippen LogP contribution in [0.2, 0.25) is 0 Å². The first-order valence-corrected chi connectivity index (χ1v) is 9.93. The highest BCUT2D eigenvalue weighted by Crippen LogP contribution is 2.25. The zero-order valence-electron chi connectivity index (χ0n) is 15.4. The van der Waals surface area contributed by atoms with Gasteiger partial charge in [0, 0.05) is 23.6 Å². The molecule has 0 atom stereocenters. The van der Waals surface area contributed by atoms with Gasteiger partial charge < -0.3 is 0 Å². The fourth-order valence-electron chi connectivity index (χ4n) is 2.57. The Kier molecular flexibility index (Phi) is 6.13. The molecule has 0 saturated heterocycles. The lowest BCUT2D eigenvalue weighted by atomic mass is 10.1. The van der Waals surface area contributed by atoms with Gasteiger partial charge >= 0.3 is 0 Å². The van der Waals surface area contributed by atoms with Gasteiger partial charge in [-0.05, 0) is 24.5 Å². The number of amides is 1. The minimum Gasteiger partial charge on any atom is -0.296 e. The van der Waals surface area contributed by atoms with Crippen LogP contribution in [-0.2, 0) is 13.0 Å². The zero-order valence-corrected chi connectivity index (χ0v) is 16.3. The van der Waals surface area contributed by atoms with E-state index in [1.165, 1.54) is 33.7 Å². The molecule has 0 aliphatic heterocycles. The Morgan fingerprint density at radius 1 is 1.15 bits per heavy atom. The van der Waals surface area contributed by atoms with E-state index < -0.39 is 0 Å². The first-order chi connectivity index (χ1) is 13.1. The molecule has 0 bridgehead atoms. The third kappa shape index (κ3) is 4.68. The van der Waals surface area contributed by atoms with Crippen molar-refractivity contribution in [3.8, 4) is 11.3 Å². The summed E-state index contributed by atoms with van der Waals surface area (Å²) >= 11 is 1.36. The highest BCUT2D eigenvalue weighted by Gasteiger charge is 2.13. The molecule has 1 aromatic carbocycles. The smallest absolute Gasteiger partial charge is 0.277 e. The summed E-state index contributed by atoms with van der Waals surface area (Å²) < 4.78 is 1.33. The van der Waals surface area contributed by atoms with Gasteiger partial charge in [-0.3, -0.25) is 14.9 Å². The minimum absolute atomic E-state index is 0.202. The van der Waals surface area contributed by atoms with Crippen molar-refractivity contribution >= 4 is 22.4 Å². The molecule has 0 aliphatic rings. The van der Waals surface area contributed by atoms with Gasteiger partial charge in [0.25, 0.3) is 11.5 Å². The maximum Gasteiger partial charge on any atom is 0.277 e. The summed E-state index contributed by atoms with van der Waals surface area (Å²) in [5, 5.41) is 9.33. The fourth-order valence-corrected chi connectivity index (χ4v) is 3.29. The number of carbonyl (C=O) groups excluding carboxylic acids is 1. The predicted molar refractivity (Wildman–Crippen MR) is 108 cm³/mol. The number of unbranched alkanes of at least 4 members (excludes halogenated alkanes) is 1. The Labute approximate surface area is 161 Å². The lowest BCUT2D eigenvalue weighted by Crippen LogP contribution is -2.26. The van der Waals surface area contributed by atoms with E-state index in [0.29, 0.717) is 11.7 Å². The summed E-state index contributed by atoms with van der Waals surface area (Å²) in [6, 6.07) is 11.0. The van der Waals surface area contributed by atoms with Gasteiger partial charge in [-0.15, -0.1) is 11.3 Å². The van der Waals surface area contributed by atoms with Crippen LogP contribution >= 0.6 is 11.3 Å². The lowest BCUT2D eigenvalue weighted by molar-refractivity contribution is 0.101. The average Bonchev–Trinajstić information content (AvgIpc) is 3.15. The summed E-state index contributed by atoms with van der Waals surface area (Å²) in [5.74, 6) is -0.373. The van der Waals surface area contributed by atoms with Crippen LogP contribution in [0.15, 0.2) is 46.6 Å². The van der Waals surface area contributed by atoms with Crippen molar-refractivity contribution < 1.29 is 4.79 Å². The first kappa shape index (κ1) is 19.0. The molecule has 0 spiro atoms. The van der Waals surface area contributed by atoms with E-state index >= 15 is 0 Å². The molecular weight excluding hydrogens is 360 g/mol. The van der Waals surface area contributed by atoms with Crippen LogP contribution in [0.25, 0.3) is 11.3 Å². The summed E-state index contributed by atoms with van der Waals surface area (Å²) in [4.78, 5) is 28.8. The second kappa shape index (κ2) is 8.73. The molecule has 1 N–H and O–H groups in total. The van der Waals surface area contributed by atoms with E-state index in [2.05, 4.69) is 34.5 Å². The van der Waals surface area contributed by atoms with Crippen LogP contribution in [-0.4, -0.2) is 20.7 Å². The molecule has 6 nitrogen and oxygen atoms in total. The predicted octanol–water partition coefficient (Wildman–Crippen LogP) is 3.98. The molecular formula is C20H22N4O2S. The molecule has 2 aromatic heterocycles. The molecule has 2 heterocycles. The molecule has 27 heavy (non-hydrogen) atoms. The lowest BCUT2D eigenvalue weighted by Gasteiger charge is -2.06. The molecule has 7 heteroatoms. The minimum atomic E-state index is -0.373. The quantitative estimate of drug-likeness (QED) is 0.670. The average molecular weight is 382 g/mol. The number of nitrogens with one attached hydrogen (secondary N) is 1. The summed E-state index contributed by atoms with van der Waals surface area (Å²) in [7, 11) is 0. The van der Waals surface area contributed by atoms with Crippen LogP contribution in [0.1, 0.15) is 42.7 Å². The van der Waals surface area contributed by atoms with Crippen molar-refractivity contribution in [1.82, 2.24) is 14.8 Å². The second-order valence-corrected chi connectivity index (χ2v) is 7.03. The van der Waals surface area contributed by atoms with Gasteiger partial charge in [-0.25, -0.2) is 9.67 Å². The molecule has 0 aliphatic carbocycles. The van der Waals surface area contributed by atoms with Crippen molar-refractivity contribution in [1.29, 1.82) is 0 Å². The zero-order chi connectivity index (χ0) is 19.2. The van der Waals surface area contributed by atoms with Gasteiger partial charge in [0.2, 0.25) is 0 Å². The number of benzene rings is 1. The number of anilines is 1. The maximum atomic E-state index is 12.5. The molecule has 3 aromatic rings. The van der Waals surface area contributed by atoms with E-state index in [9.17, 15) is 9.59 Å². The highest BCUT2D eigenvalue weighted by atomic mass is 32.1. The van der Waals surface area contributed by atoms with Crippen LogP contribution in [0, 0.1) is 0 Å². The van der Waals surface area contributed by atoms with E-state index in [1.54, 1.807) is 0 Å². The summed E-state index contributed by atoms with van der Waals surface area (Å²) in [6.07, 6.45) is 2.78. The van der Waals surface area contributed by atoms with Crippen LogP contribution in [0.3, 0.4) is 0 Å². The molecule has 0 radical (unpaired) electrons. The van der Waals surface area contributed by atoms with Crippen LogP contribution in [0.4, 0.5) is 5.13 Å². The Morgan fingerprint density at radius 3 is 2.63 bits per heavy atom. The van der Waals surface area contributed by atoms with Crippen molar-refractivity contribution in [3.63, 3.8) is 0 Å². The molecule has 0 saturated carbocycles. The maximum absolute atomic E-state index is 12.5. The normalized spacial score (nSPS) is 10.7. The summed E-state index contributed by atoms with van der Waals surface area (Å²) in [5.41, 5.74) is 3.10. The van der Waals surface area contributed by atoms with Crippen molar-refractivity contribution in [3.05, 3.63) is 63.4 Å². The Balaban J connectivity index is 1.73. The number of aromatic nitrogens is 3. The number of nitrogens with zero attached hydrogens (tertiary/aromatic N) is 3. The number of carbonyl (C=O) groups is 1. The molecule has 0 fully saturated rings. The topological polar surface area (TPSA) is 76.9 Å².